The Bertz CT molecular complexity index is 932. The molecule has 3 aromatic rings. The van der Waals surface area contributed by atoms with Gasteiger partial charge in [0.25, 0.3) is 0 Å². The normalized spacial score (nSPS) is 26.4. The predicted molar refractivity (Wildman–Crippen MR) is 121 cm³/mol. The second kappa shape index (κ2) is 9.34. The number of ether oxygens (including phenoxy) is 1. The minimum absolute atomic E-state index is 0.102. The number of halogens is 1. The van der Waals surface area contributed by atoms with Crippen LogP contribution in [0.5, 0.6) is 0 Å². The van der Waals surface area contributed by atoms with E-state index in [-0.39, 0.29) is 23.9 Å². The van der Waals surface area contributed by atoms with Gasteiger partial charge in [-0.25, -0.2) is 4.39 Å². The minimum atomic E-state index is -1.10. The molecule has 0 saturated carbocycles. The number of hydrogen-bond acceptors (Lipinski definition) is 3. The summed E-state index contributed by atoms with van der Waals surface area (Å²) >= 11 is 1.81. The molecule has 0 aliphatic carbocycles. The number of aliphatic hydroxyl groups is 1. The Balaban J connectivity index is 1.85. The van der Waals surface area contributed by atoms with Crippen molar-refractivity contribution in [2.45, 2.75) is 37.1 Å². The van der Waals surface area contributed by atoms with Crippen molar-refractivity contribution in [2.24, 2.45) is 0 Å². The monoisotopic (exact) mass is 422 g/mol. The number of benzene rings is 3. The molecule has 1 fully saturated rings. The average molecular weight is 423 g/mol. The summed E-state index contributed by atoms with van der Waals surface area (Å²) in [4.78, 5) is 0. The summed E-state index contributed by atoms with van der Waals surface area (Å²) in [7, 11) is 0. The molecule has 4 unspecified atom stereocenters. The van der Waals surface area contributed by atoms with Crippen LogP contribution in [0.1, 0.15) is 42.1 Å². The van der Waals surface area contributed by atoms with E-state index in [4.69, 9.17) is 4.74 Å². The van der Waals surface area contributed by atoms with Gasteiger partial charge in [-0.2, -0.15) is 11.8 Å². The smallest absolute Gasteiger partial charge is 0.123 e. The van der Waals surface area contributed by atoms with Gasteiger partial charge in [0.15, 0.2) is 0 Å². The third-order valence-electron chi connectivity index (χ3n) is 5.83. The summed E-state index contributed by atoms with van der Waals surface area (Å²) in [6, 6.07) is 26.4. The zero-order valence-electron chi connectivity index (χ0n) is 17.1. The summed E-state index contributed by atoms with van der Waals surface area (Å²) in [6.45, 7) is 2.13. The van der Waals surface area contributed by atoms with Gasteiger partial charge in [0.1, 0.15) is 11.4 Å². The molecule has 1 aliphatic heterocycles. The molecule has 2 nitrogen and oxygen atoms in total. The third kappa shape index (κ3) is 4.31. The molecule has 30 heavy (non-hydrogen) atoms. The first-order valence-corrected chi connectivity index (χ1v) is 11.6. The van der Waals surface area contributed by atoms with E-state index in [0.717, 1.165) is 28.2 Å². The quantitative estimate of drug-likeness (QED) is 0.522. The van der Waals surface area contributed by atoms with Gasteiger partial charge in [0.05, 0.1) is 12.2 Å². The van der Waals surface area contributed by atoms with Crippen LogP contribution in [0.15, 0.2) is 84.9 Å². The van der Waals surface area contributed by atoms with Gasteiger partial charge in [-0.05, 0) is 34.6 Å². The Kier molecular flexibility index (Phi) is 6.57. The van der Waals surface area contributed by atoms with Crippen molar-refractivity contribution in [3.05, 3.63) is 107 Å². The highest BCUT2D eigenvalue weighted by Gasteiger charge is 2.50. The number of thioether (sulfide) groups is 1. The summed E-state index contributed by atoms with van der Waals surface area (Å²) in [5.74, 6) is 1.22. The van der Waals surface area contributed by atoms with Crippen LogP contribution >= 0.6 is 11.8 Å². The largest absolute Gasteiger partial charge is 0.384 e. The molecule has 4 rings (SSSR count). The average Bonchev–Trinajstić information content (AvgIpc) is 2.79. The lowest BCUT2D eigenvalue weighted by Gasteiger charge is -2.48. The molecule has 3 aromatic carbocycles. The standard InChI is InChI=1S/C26H27FO2S/c1-2-30-18-23-17-26(28,21-11-7-4-8-12-21)24(19-9-5-3-6-10-19)25(29-23)20-13-15-22(27)16-14-20/h3-16,23-25,28H,2,17-18H2,1H3. The van der Waals surface area contributed by atoms with Crippen molar-refractivity contribution in [1.82, 2.24) is 0 Å². The van der Waals surface area contributed by atoms with Crippen LogP contribution in [0.25, 0.3) is 0 Å². The summed E-state index contributed by atoms with van der Waals surface area (Å²) < 4.78 is 20.2. The molecule has 0 bridgehead atoms. The topological polar surface area (TPSA) is 29.5 Å². The van der Waals surface area contributed by atoms with Crippen molar-refractivity contribution >= 4 is 11.8 Å². The number of hydrogen-bond donors (Lipinski definition) is 1. The van der Waals surface area contributed by atoms with E-state index in [1.165, 1.54) is 12.1 Å². The Morgan fingerprint density at radius 3 is 2.20 bits per heavy atom. The van der Waals surface area contributed by atoms with E-state index in [1.54, 1.807) is 12.1 Å². The van der Waals surface area contributed by atoms with Gasteiger partial charge in [0, 0.05) is 18.1 Å². The first-order chi connectivity index (χ1) is 14.6. The summed E-state index contributed by atoms with van der Waals surface area (Å²) in [6.07, 6.45) is 0.0333. The van der Waals surface area contributed by atoms with Crippen LogP contribution in [0.4, 0.5) is 4.39 Å². The van der Waals surface area contributed by atoms with Crippen molar-refractivity contribution in [1.29, 1.82) is 0 Å². The fraction of sp³-hybridized carbons (Fsp3) is 0.308. The van der Waals surface area contributed by atoms with E-state index in [2.05, 4.69) is 6.92 Å². The van der Waals surface area contributed by atoms with Crippen LogP contribution in [-0.4, -0.2) is 22.7 Å². The maximum atomic E-state index is 13.6. The van der Waals surface area contributed by atoms with Crippen molar-refractivity contribution in [2.75, 3.05) is 11.5 Å². The Labute approximate surface area is 182 Å². The lowest BCUT2D eigenvalue weighted by Crippen LogP contribution is -2.47. The zero-order valence-corrected chi connectivity index (χ0v) is 17.9. The molecule has 0 radical (unpaired) electrons. The number of rotatable bonds is 6. The van der Waals surface area contributed by atoms with Gasteiger partial charge >= 0.3 is 0 Å². The Morgan fingerprint density at radius 2 is 1.57 bits per heavy atom. The molecule has 156 valence electrons. The second-order valence-electron chi connectivity index (χ2n) is 7.77. The molecule has 0 spiro atoms. The predicted octanol–water partition coefficient (Wildman–Crippen LogP) is 6.08. The Morgan fingerprint density at radius 1 is 0.933 bits per heavy atom. The van der Waals surface area contributed by atoms with E-state index in [9.17, 15) is 9.50 Å². The van der Waals surface area contributed by atoms with Gasteiger partial charge in [-0.3, -0.25) is 0 Å². The van der Waals surface area contributed by atoms with Crippen LogP contribution in [-0.2, 0) is 10.3 Å². The van der Waals surface area contributed by atoms with Gasteiger partial charge in [-0.15, -0.1) is 0 Å². The van der Waals surface area contributed by atoms with E-state index in [1.807, 2.05) is 72.4 Å². The van der Waals surface area contributed by atoms with Crippen molar-refractivity contribution in [3.63, 3.8) is 0 Å². The Hall–Kier alpha value is -2.14. The second-order valence-corrected chi connectivity index (χ2v) is 9.09. The molecule has 1 aliphatic rings. The summed E-state index contributed by atoms with van der Waals surface area (Å²) in [5, 5.41) is 12.2. The van der Waals surface area contributed by atoms with E-state index < -0.39 is 5.60 Å². The zero-order chi connectivity index (χ0) is 21.0. The van der Waals surface area contributed by atoms with Crippen LogP contribution in [0, 0.1) is 5.82 Å². The molecule has 1 heterocycles. The first-order valence-electron chi connectivity index (χ1n) is 10.4. The van der Waals surface area contributed by atoms with Gasteiger partial charge in [0.2, 0.25) is 0 Å². The molecule has 1 saturated heterocycles. The highest BCUT2D eigenvalue weighted by Crippen LogP contribution is 2.53. The summed E-state index contributed by atoms with van der Waals surface area (Å²) in [5.41, 5.74) is 1.69. The fourth-order valence-electron chi connectivity index (χ4n) is 4.46. The molecular weight excluding hydrogens is 395 g/mol. The SMILES string of the molecule is CCSCC1CC(O)(c2ccccc2)C(c2ccccc2)C(c2ccc(F)cc2)O1. The van der Waals surface area contributed by atoms with Crippen molar-refractivity contribution < 1.29 is 14.2 Å². The molecule has 4 heteroatoms. The third-order valence-corrected chi connectivity index (χ3v) is 6.85. The van der Waals surface area contributed by atoms with Crippen LogP contribution in [0.2, 0.25) is 0 Å². The van der Waals surface area contributed by atoms with E-state index in [0.29, 0.717) is 6.42 Å². The van der Waals surface area contributed by atoms with Crippen molar-refractivity contribution in [3.8, 4) is 0 Å². The maximum absolute atomic E-state index is 13.6. The van der Waals surface area contributed by atoms with Crippen LogP contribution < -0.4 is 0 Å². The molecule has 0 amide bonds. The maximum Gasteiger partial charge on any atom is 0.123 e. The van der Waals surface area contributed by atoms with Gasteiger partial charge < -0.3 is 9.84 Å². The van der Waals surface area contributed by atoms with Crippen LogP contribution in [0.3, 0.4) is 0 Å². The lowest BCUT2D eigenvalue weighted by molar-refractivity contribution is -0.161. The first kappa shape index (κ1) is 21.1. The molecule has 4 atom stereocenters. The molecule has 0 aromatic heterocycles. The van der Waals surface area contributed by atoms with Gasteiger partial charge in [-0.1, -0.05) is 79.7 Å². The van der Waals surface area contributed by atoms with E-state index >= 15 is 0 Å². The fourth-order valence-corrected chi connectivity index (χ4v) is 5.16. The molecule has 1 N–H and O–H groups in total. The minimum Gasteiger partial charge on any atom is -0.384 e. The highest BCUT2D eigenvalue weighted by atomic mass is 32.2. The highest BCUT2D eigenvalue weighted by molar-refractivity contribution is 7.99. The molecular formula is C26H27FO2S. The lowest BCUT2D eigenvalue weighted by atomic mass is 9.68.